The molecular formula is C14H11F3O2. The Hall–Kier alpha value is -2.17. The number of ether oxygens (including phenoxy) is 2. The summed E-state index contributed by atoms with van der Waals surface area (Å²) in [7, 11) is 0. The van der Waals surface area contributed by atoms with E-state index in [9.17, 15) is 13.2 Å². The second-order valence-corrected chi connectivity index (χ2v) is 3.94. The summed E-state index contributed by atoms with van der Waals surface area (Å²) in [5.74, 6) is 0.800. The molecule has 2 aromatic carbocycles. The summed E-state index contributed by atoms with van der Waals surface area (Å²) in [6, 6.07) is 12.6. The van der Waals surface area contributed by atoms with Gasteiger partial charge in [0.1, 0.15) is 17.2 Å². The molecule has 0 aliphatic heterocycles. The molecule has 2 nitrogen and oxygen atoms in total. The average molecular weight is 268 g/mol. The van der Waals surface area contributed by atoms with Crippen molar-refractivity contribution in [2.45, 2.75) is 13.3 Å². The van der Waals surface area contributed by atoms with Gasteiger partial charge in [0.05, 0.1) is 0 Å². The topological polar surface area (TPSA) is 18.5 Å². The van der Waals surface area contributed by atoms with Crippen LogP contribution in [-0.2, 0) is 0 Å². The van der Waals surface area contributed by atoms with Crippen LogP contribution in [0.25, 0.3) is 0 Å². The standard InChI is InChI=1S/C14H11F3O2/c1-10-3-2-4-13(9-10)18-11-5-7-12(8-6-11)19-14(15,16)17/h2-9H,1H3. The summed E-state index contributed by atoms with van der Waals surface area (Å²) < 4.78 is 45.2. The zero-order valence-corrected chi connectivity index (χ0v) is 10.1. The summed E-state index contributed by atoms with van der Waals surface area (Å²) in [5, 5.41) is 0. The van der Waals surface area contributed by atoms with Crippen LogP contribution >= 0.6 is 0 Å². The predicted molar refractivity (Wildman–Crippen MR) is 64.4 cm³/mol. The molecule has 0 N–H and O–H groups in total. The van der Waals surface area contributed by atoms with Gasteiger partial charge in [-0.15, -0.1) is 13.2 Å². The van der Waals surface area contributed by atoms with Gasteiger partial charge in [-0.05, 0) is 48.9 Å². The van der Waals surface area contributed by atoms with Crippen molar-refractivity contribution in [1.29, 1.82) is 0 Å². The lowest BCUT2D eigenvalue weighted by atomic mass is 10.2. The molecule has 0 heterocycles. The molecule has 0 radical (unpaired) electrons. The number of halogens is 3. The Morgan fingerprint density at radius 2 is 1.47 bits per heavy atom. The lowest BCUT2D eigenvalue weighted by molar-refractivity contribution is -0.274. The highest BCUT2D eigenvalue weighted by Crippen LogP contribution is 2.27. The molecule has 0 bridgehead atoms. The molecule has 0 saturated carbocycles. The van der Waals surface area contributed by atoms with Gasteiger partial charge in [-0.3, -0.25) is 0 Å². The molecule has 0 amide bonds. The van der Waals surface area contributed by atoms with Crippen molar-refractivity contribution < 1.29 is 22.6 Å². The van der Waals surface area contributed by atoms with Gasteiger partial charge in [0, 0.05) is 0 Å². The van der Waals surface area contributed by atoms with Gasteiger partial charge >= 0.3 is 6.36 Å². The highest BCUT2D eigenvalue weighted by Gasteiger charge is 2.30. The van der Waals surface area contributed by atoms with Crippen LogP contribution in [-0.4, -0.2) is 6.36 Å². The van der Waals surface area contributed by atoms with Crippen molar-refractivity contribution >= 4 is 0 Å². The molecule has 0 aliphatic carbocycles. The number of alkyl halides is 3. The van der Waals surface area contributed by atoms with Crippen molar-refractivity contribution in [3.63, 3.8) is 0 Å². The first kappa shape index (κ1) is 13.3. The van der Waals surface area contributed by atoms with Gasteiger partial charge in [-0.2, -0.15) is 0 Å². The largest absolute Gasteiger partial charge is 0.573 e. The third-order valence-corrected chi connectivity index (χ3v) is 2.28. The Morgan fingerprint density at radius 3 is 2.05 bits per heavy atom. The normalized spacial score (nSPS) is 11.2. The number of aryl methyl sites for hydroxylation is 1. The molecule has 19 heavy (non-hydrogen) atoms. The fourth-order valence-electron chi connectivity index (χ4n) is 1.52. The van der Waals surface area contributed by atoms with Crippen molar-refractivity contribution in [2.24, 2.45) is 0 Å². The van der Waals surface area contributed by atoms with Crippen LogP contribution in [0.5, 0.6) is 17.2 Å². The first-order valence-corrected chi connectivity index (χ1v) is 5.53. The van der Waals surface area contributed by atoms with Gasteiger partial charge in [-0.1, -0.05) is 12.1 Å². The Bertz CT molecular complexity index is 547. The summed E-state index contributed by atoms with van der Waals surface area (Å²) >= 11 is 0. The lowest BCUT2D eigenvalue weighted by Crippen LogP contribution is -2.16. The van der Waals surface area contributed by atoms with Crippen LogP contribution in [0.4, 0.5) is 13.2 Å². The third-order valence-electron chi connectivity index (χ3n) is 2.28. The minimum absolute atomic E-state index is 0.274. The number of hydrogen-bond acceptors (Lipinski definition) is 2. The summed E-state index contributed by atoms with van der Waals surface area (Å²) in [5.41, 5.74) is 1.04. The lowest BCUT2D eigenvalue weighted by Gasteiger charge is -2.10. The van der Waals surface area contributed by atoms with Crippen LogP contribution in [0.3, 0.4) is 0 Å². The summed E-state index contributed by atoms with van der Waals surface area (Å²) in [6.45, 7) is 1.92. The van der Waals surface area contributed by atoms with E-state index in [2.05, 4.69) is 4.74 Å². The smallest absolute Gasteiger partial charge is 0.457 e. The maximum atomic E-state index is 12.0. The van der Waals surface area contributed by atoms with Crippen molar-refractivity contribution in [3.05, 3.63) is 54.1 Å². The molecule has 2 rings (SSSR count). The van der Waals surface area contributed by atoms with E-state index in [1.165, 1.54) is 24.3 Å². The van der Waals surface area contributed by atoms with E-state index in [4.69, 9.17) is 4.74 Å². The Labute approximate surface area is 108 Å². The molecule has 100 valence electrons. The van der Waals surface area contributed by atoms with Crippen LogP contribution in [0.15, 0.2) is 48.5 Å². The zero-order chi connectivity index (χ0) is 13.9. The molecule has 0 aromatic heterocycles. The fraction of sp³-hybridized carbons (Fsp3) is 0.143. The number of rotatable bonds is 3. The highest BCUT2D eigenvalue weighted by atomic mass is 19.4. The van der Waals surface area contributed by atoms with Crippen molar-refractivity contribution in [2.75, 3.05) is 0 Å². The van der Waals surface area contributed by atoms with E-state index in [-0.39, 0.29) is 5.75 Å². The van der Waals surface area contributed by atoms with Gasteiger partial charge in [0.25, 0.3) is 0 Å². The molecule has 0 aliphatic rings. The molecular weight excluding hydrogens is 257 g/mol. The molecule has 0 saturated heterocycles. The second-order valence-electron chi connectivity index (χ2n) is 3.94. The van der Waals surface area contributed by atoms with Crippen LogP contribution in [0, 0.1) is 6.92 Å². The van der Waals surface area contributed by atoms with Crippen LogP contribution in [0.1, 0.15) is 5.56 Å². The number of benzene rings is 2. The summed E-state index contributed by atoms with van der Waals surface area (Å²) in [4.78, 5) is 0. The second kappa shape index (κ2) is 5.22. The first-order chi connectivity index (χ1) is 8.92. The zero-order valence-electron chi connectivity index (χ0n) is 10.1. The van der Waals surface area contributed by atoms with Crippen molar-refractivity contribution in [1.82, 2.24) is 0 Å². The number of hydrogen-bond donors (Lipinski definition) is 0. The Kier molecular flexibility index (Phi) is 3.64. The molecule has 0 unspecified atom stereocenters. The molecule has 0 fully saturated rings. The molecule has 0 atom stereocenters. The van der Waals surface area contributed by atoms with E-state index >= 15 is 0 Å². The Balaban J connectivity index is 2.07. The highest BCUT2D eigenvalue weighted by molar-refractivity contribution is 5.36. The van der Waals surface area contributed by atoms with E-state index in [0.29, 0.717) is 11.5 Å². The van der Waals surface area contributed by atoms with Crippen LogP contribution in [0.2, 0.25) is 0 Å². The van der Waals surface area contributed by atoms with E-state index in [0.717, 1.165) is 5.56 Å². The monoisotopic (exact) mass is 268 g/mol. The minimum atomic E-state index is -4.68. The van der Waals surface area contributed by atoms with E-state index in [1.54, 1.807) is 6.07 Å². The Morgan fingerprint density at radius 1 is 0.842 bits per heavy atom. The minimum Gasteiger partial charge on any atom is -0.457 e. The quantitative estimate of drug-likeness (QED) is 0.804. The van der Waals surface area contributed by atoms with Gasteiger partial charge in [0.15, 0.2) is 0 Å². The first-order valence-electron chi connectivity index (χ1n) is 5.53. The maximum Gasteiger partial charge on any atom is 0.573 e. The maximum absolute atomic E-state index is 12.0. The van der Waals surface area contributed by atoms with Gasteiger partial charge in [-0.25, -0.2) is 0 Å². The fourth-order valence-corrected chi connectivity index (χ4v) is 1.52. The van der Waals surface area contributed by atoms with Gasteiger partial charge < -0.3 is 9.47 Å². The van der Waals surface area contributed by atoms with Gasteiger partial charge in [0.2, 0.25) is 0 Å². The van der Waals surface area contributed by atoms with Crippen molar-refractivity contribution in [3.8, 4) is 17.2 Å². The van der Waals surface area contributed by atoms with E-state index < -0.39 is 6.36 Å². The molecule has 2 aromatic rings. The SMILES string of the molecule is Cc1cccc(Oc2ccc(OC(F)(F)F)cc2)c1. The van der Waals surface area contributed by atoms with Crippen LogP contribution < -0.4 is 9.47 Å². The molecule has 0 spiro atoms. The summed E-state index contributed by atoms with van der Waals surface area (Å²) in [6.07, 6.45) is -4.68. The average Bonchev–Trinajstić information content (AvgIpc) is 2.30. The third kappa shape index (κ3) is 4.21. The predicted octanol–water partition coefficient (Wildman–Crippen LogP) is 4.69. The molecule has 5 heteroatoms. The van der Waals surface area contributed by atoms with E-state index in [1.807, 2.05) is 25.1 Å².